The number of aromatic nitrogens is 2. The van der Waals surface area contributed by atoms with Gasteiger partial charge < -0.3 is 10.6 Å². The van der Waals surface area contributed by atoms with Gasteiger partial charge in [-0.1, -0.05) is 0 Å². The Morgan fingerprint density at radius 3 is 2.70 bits per heavy atom. The number of nitrogens with one attached hydrogen (secondary N) is 2. The standard InChI is InChI=1S/C14H18N4OS/c1-4-15-10-5-6-11(17-9-10)12(19)18-14(2,3)13-16-7-8-20-13/h5-9,15H,4H2,1-3H3,(H,18,19). The molecule has 106 valence electrons. The number of hydrogen-bond acceptors (Lipinski definition) is 5. The van der Waals surface area contributed by atoms with Crippen LogP contribution >= 0.6 is 11.3 Å². The van der Waals surface area contributed by atoms with Gasteiger partial charge in [0.05, 0.1) is 17.4 Å². The maximum absolute atomic E-state index is 12.2. The number of carbonyl (C=O) groups excluding carboxylic acids is 1. The number of pyridine rings is 1. The summed E-state index contributed by atoms with van der Waals surface area (Å²) in [6.45, 7) is 6.69. The van der Waals surface area contributed by atoms with Gasteiger partial charge in [0.15, 0.2) is 0 Å². The van der Waals surface area contributed by atoms with Gasteiger partial charge in [-0.2, -0.15) is 0 Å². The minimum Gasteiger partial charge on any atom is -0.384 e. The molecule has 6 heteroatoms. The van der Waals surface area contributed by atoms with Crippen LogP contribution in [0.3, 0.4) is 0 Å². The number of hydrogen-bond donors (Lipinski definition) is 2. The van der Waals surface area contributed by atoms with Gasteiger partial charge in [-0.05, 0) is 32.9 Å². The van der Waals surface area contributed by atoms with Crippen LogP contribution in [-0.4, -0.2) is 22.4 Å². The first-order chi connectivity index (χ1) is 9.53. The predicted molar refractivity (Wildman–Crippen MR) is 81.0 cm³/mol. The van der Waals surface area contributed by atoms with Gasteiger partial charge in [0, 0.05) is 18.1 Å². The van der Waals surface area contributed by atoms with Gasteiger partial charge in [-0.3, -0.25) is 4.79 Å². The third kappa shape index (κ3) is 3.33. The molecule has 0 fully saturated rings. The van der Waals surface area contributed by atoms with Crippen LogP contribution < -0.4 is 10.6 Å². The minimum absolute atomic E-state index is 0.201. The van der Waals surface area contributed by atoms with E-state index in [1.54, 1.807) is 18.5 Å². The monoisotopic (exact) mass is 290 g/mol. The Morgan fingerprint density at radius 1 is 1.35 bits per heavy atom. The summed E-state index contributed by atoms with van der Waals surface area (Å²) in [5.74, 6) is -0.201. The Bertz CT molecular complexity index is 563. The molecular formula is C14H18N4OS. The molecule has 0 atom stereocenters. The lowest BCUT2D eigenvalue weighted by molar-refractivity contribution is 0.0907. The van der Waals surface area contributed by atoms with E-state index in [2.05, 4.69) is 20.6 Å². The quantitative estimate of drug-likeness (QED) is 0.888. The highest BCUT2D eigenvalue weighted by atomic mass is 32.1. The van der Waals surface area contributed by atoms with Crippen molar-refractivity contribution < 1.29 is 4.79 Å². The van der Waals surface area contributed by atoms with Crippen LogP contribution in [0.15, 0.2) is 29.9 Å². The molecule has 2 heterocycles. The zero-order chi connectivity index (χ0) is 14.6. The fourth-order valence-corrected chi connectivity index (χ4v) is 2.49. The van der Waals surface area contributed by atoms with E-state index in [0.29, 0.717) is 5.69 Å². The number of rotatable bonds is 5. The number of amides is 1. The molecule has 0 saturated heterocycles. The molecule has 1 amide bonds. The molecule has 0 bridgehead atoms. The van der Waals surface area contributed by atoms with Gasteiger partial charge in [0.25, 0.3) is 5.91 Å². The summed E-state index contributed by atoms with van der Waals surface area (Å²) >= 11 is 1.52. The Morgan fingerprint density at radius 2 is 2.15 bits per heavy atom. The normalized spacial score (nSPS) is 11.2. The van der Waals surface area contributed by atoms with Gasteiger partial charge in [-0.25, -0.2) is 9.97 Å². The van der Waals surface area contributed by atoms with Crippen molar-refractivity contribution in [1.82, 2.24) is 15.3 Å². The Labute approximate surface area is 122 Å². The van der Waals surface area contributed by atoms with Gasteiger partial charge in [0.1, 0.15) is 10.7 Å². The van der Waals surface area contributed by atoms with Crippen molar-refractivity contribution in [3.05, 3.63) is 40.6 Å². The molecule has 20 heavy (non-hydrogen) atoms. The van der Waals surface area contributed by atoms with E-state index in [-0.39, 0.29) is 5.91 Å². The van der Waals surface area contributed by atoms with Gasteiger partial charge in [-0.15, -0.1) is 11.3 Å². The SMILES string of the molecule is CCNc1ccc(C(=O)NC(C)(C)c2nccs2)nc1. The van der Waals surface area contributed by atoms with E-state index in [1.807, 2.05) is 32.2 Å². The second-order valence-electron chi connectivity index (χ2n) is 4.88. The zero-order valence-electron chi connectivity index (χ0n) is 11.8. The number of nitrogens with zero attached hydrogens (tertiary/aromatic N) is 2. The molecule has 2 N–H and O–H groups in total. The molecule has 0 unspecified atom stereocenters. The largest absolute Gasteiger partial charge is 0.384 e. The van der Waals surface area contributed by atoms with E-state index < -0.39 is 5.54 Å². The van der Waals surface area contributed by atoms with E-state index in [9.17, 15) is 4.79 Å². The Balaban J connectivity index is 2.08. The molecule has 0 aliphatic rings. The Kier molecular flexibility index (Phi) is 4.34. The van der Waals surface area contributed by atoms with Crippen LogP contribution in [0, 0.1) is 0 Å². The van der Waals surface area contributed by atoms with Crippen molar-refractivity contribution in [1.29, 1.82) is 0 Å². The van der Waals surface area contributed by atoms with Crippen LogP contribution in [0.5, 0.6) is 0 Å². The van der Waals surface area contributed by atoms with Crippen LogP contribution in [-0.2, 0) is 5.54 Å². The predicted octanol–water partition coefficient (Wildman–Crippen LogP) is 2.64. The maximum Gasteiger partial charge on any atom is 0.270 e. The molecule has 0 spiro atoms. The third-order valence-corrected chi connectivity index (χ3v) is 3.87. The van der Waals surface area contributed by atoms with Gasteiger partial charge in [0.2, 0.25) is 0 Å². The average molecular weight is 290 g/mol. The first-order valence-corrected chi connectivity index (χ1v) is 7.33. The third-order valence-electron chi connectivity index (χ3n) is 2.77. The molecule has 0 aromatic carbocycles. The Hall–Kier alpha value is -1.95. The van der Waals surface area contributed by atoms with Crippen LogP contribution in [0.25, 0.3) is 0 Å². The van der Waals surface area contributed by atoms with Crippen molar-refractivity contribution in [2.45, 2.75) is 26.3 Å². The second kappa shape index (κ2) is 6.00. The van der Waals surface area contributed by atoms with E-state index in [1.165, 1.54) is 11.3 Å². The summed E-state index contributed by atoms with van der Waals surface area (Å²) in [7, 11) is 0. The first kappa shape index (κ1) is 14.5. The lowest BCUT2D eigenvalue weighted by Crippen LogP contribution is -2.41. The lowest BCUT2D eigenvalue weighted by atomic mass is 10.1. The topological polar surface area (TPSA) is 66.9 Å². The minimum atomic E-state index is -0.507. The summed E-state index contributed by atoms with van der Waals surface area (Å²) < 4.78 is 0. The molecule has 5 nitrogen and oxygen atoms in total. The summed E-state index contributed by atoms with van der Waals surface area (Å²) in [4.78, 5) is 20.6. The van der Waals surface area contributed by atoms with E-state index >= 15 is 0 Å². The lowest BCUT2D eigenvalue weighted by Gasteiger charge is -2.23. The fraction of sp³-hybridized carbons (Fsp3) is 0.357. The molecule has 0 aliphatic carbocycles. The highest BCUT2D eigenvalue weighted by molar-refractivity contribution is 7.09. The fourth-order valence-electron chi connectivity index (χ4n) is 1.77. The average Bonchev–Trinajstić information content (AvgIpc) is 2.94. The molecule has 0 saturated carbocycles. The molecule has 2 aromatic heterocycles. The number of anilines is 1. The first-order valence-electron chi connectivity index (χ1n) is 6.45. The molecular weight excluding hydrogens is 272 g/mol. The van der Waals surface area contributed by atoms with Crippen molar-refractivity contribution in [2.75, 3.05) is 11.9 Å². The molecule has 2 aromatic rings. The van der Waals surface area contributed by atoms with Crippen LogP contribution in [0.2, 0.25) is 0 Å². The van der Waals surface area contributed by atoms with Crippen molar-refractivity contribution in [3.63, 3.8) is 0 Å². The maximum atomic E-state index is 12.2. The number of carbonyl (C=O) groups is 1. The van der Waals surface area contributed by atoms with E-state index in [0.717, 1.165) is 17.2 Å². The van der Waals surface area contributed by atoms with Crippen molar-refractivity contribution >= 4 is 22.9 Å². The van der Waals surface area contributed by atoms with Crippen LogP contribution in [0.1, 0.15) is 36.3 Å². The second-order valence-corrected chi connectivity index (χ2v) is 5.77. The van der Waals surface area contributed by atoms with Crippen molar-refractivity contribution in [2.24, 2.45) is 0 Å². The number of thiazole rings is 1. The summed E-state index contributed by atoms with van der Waals surface area (Å²) in [6.07, 6.45) is 3.40. The van der Waals surface area contributed by atoms with Crippen molar-refractivity contribution in [3.8, 4) is 0 Å². The smallest absolute Gasteiger partial charge is 0.270 e. The van der Waals surface area contributed by atoms with E-state index in [4.69, 9.17) is 0 Å². The molecule has 2 rings (SSSR count). The molecule has 0 aliphatic heterocycles. The summed E-state index contributed by atoms with van der Waals surface area (Å²) in [5, 5.41) is 8.86. The van der Waals surface area contributed by atoms with Gasteiger partial charge >= 0.3 is 0 Å². The zero-order valence-corrected chi connectivity index (χ0v) is 12.6. The van der Waals surface area contributed by atoms with Crippen LogP contribution in [0.4, 0.5) is 5.69 Å². The highest BCUT2D eigenvalue weighted by Gasteiger charge is 2.26. The summed E-state index contributed by atoms with van der Waals surface area (Å²) in [5.41, 5.74) is 0.798. The molecule has 0 radical (unpaired) electrons. The summed E-state index contributed by atoms with van der Waals surface area (Å²) in [6, 6.07) is 3.56. The highest BCUT2D eigenvalue weighted by Crippen LogP contribution is 2.22.